The van der Waals surface area contributed by atoms with Crippen LogP contribution in [0.1, 0.15) is 44.9 Å². The molecule has 0 radical (unpaired) electrons. The quantitative estimate of drug-likeness (QED) is 0.809. The van der Waals surface area contributed by atoms with E-state index in [1.807, 2.05) is 20.4 Å². The zero-order valence-electron chi connectivity index (χ0n) is 14.1. The summed E-state index contributed by atoms with van der Waals surface area (Å²) in [5.41, 5.74) is 0.0250. The normalized spacial score (nSPS) is 32.3. The third-order valence-corrected chi connectivity index (χ3v) is 5.60. The molecule has 1 aliphatic heterocycles. The van der Waals surface area contributed by atoms with Crippen molar-refractivity contribution < 1.29 is 9.47 Å². The lowest BCUT2D eigenvalue weighted by molar-refractivity contribution is -0.0950. The average molecular weight is 307 g/mol. The van der Waals surface area contributed by atoms with Gasteiger partial charge in [0.05, 0.1) is 18.2 Å². The first kappa shape index (κ1) is 16.0. The molecule has 1 saturated heterocycles. The molecule has 124 valence electrons. The molecule has 0 N–H and O–H groups in total. The van der Waals surface area contributed by atoms with Crippen molar-refractivity contribution in [3.63, 3.8) is 0 Å². The van der Waals surface area contributed by atoms with Crippen LogP contribution in [0, 0.1) is 0 Å². The number of fused-ring (bicyclic) bond motifs is 1. The van der Waals surface area contributed by atoms with Crippen molar-refractivity contribution in [1.82, 2.24) is 14.5 Å². The maximum Gasteiger partial charge on any atom is 0.122 e. The molecule has 5 nitrogen and oxygen atoms in total. The molecule has 2 fully saturated rings. The topological polar surface area (TPSA) is 39.5 Å². The van der Waals surface area contributed by atoms with Gasteiger partial charge in [-0.05, 0) is 32.1 Å². The molecule has 3 rings (SSSR count). The minimum Gasteiger partial charge on any atom is -0.381 e. The van der Waals surface area contributed by atoms with Gasteiger partial charge >= 0.3 is 0 Å². The van der Waals surface area contributed by atoms with Crippen molar-refractivity contribution in [1.29, 1.82) is 0 Å². The second-order valence-electron chi connectivity index (χ2n) is 6.67. The lowest BCUT2D eigenvalue weighted by Crippen LogP contribution is -2.51. The number of ether oxygens (including phenoxy) is 2. The van der Waals surface area contributed by atoms with Gasteiger partial charge in [0.2, 0.25) is 0 Å². The minimum atomic E-state index is 0.0250. The molecule has 5 heteroatoms. The lowest BCUT2D eigenvalue weighted by Gasteiger charge is -2.43. The van der Waals surface area contributed by atoms with Gasteiger partial charge in [-0.3, -0.25) is 4.90 Å². The highest BCUT2D eigenvalue weighted by Gasteiger charge is 2.51. The Labute approximate surface area is 133 Å². The molecule has 0 bridgehead atoms. The van der Waals surface area contributed by atoms with Gasteiger partial charge < -0.3 is 14.0 Å². The molecule has 0 amide bonds. The molecular formula is C17H29N3O2. The molecular weight excluding hydrogens is 278 g/mol. The maximum absolute atomic E-state index is 6.00. The summed E-state index contributed by atoms with van der Waals surface area (Å²) in [6.07, 6.45) is 9.93. The molecule has 1 aliphatic carbocycles. The molecule has 1 aromatic rings. The van der Waals surface area contributed by atoms with Crippen molar-refractivity contribution in [2.45, 2.75) is 69.9 Å². The van der Waals surface area contributed by atoms with Gasteiger partial charge in [-0.15, -0.1) is 0 Å². The highest BCUT2D eigenvalue weighted by atomic mass is 16.5. The number of hydrogen-bond acceptors (Lipinski definition) is 4. The summed E-state index contributed by atoms with van der Waals surface area (Å²) in [6, 6.07) is 0.447. The van der Waals surface area contributed by atoms with Gasteiger partial charge in [0.15, 0.2) is 0 Å². The Kier molecular flexibility index (Phi) is 4.85. The van der Waals surface area contributed by atoms with Crippen molar-refractivity contribution in [2.75, 3.05) is 20.8 Å². The standard InChI is InChI=1S/C17H29N3O2/c1-4-9-19-11-8-18-16(19)13-20-10-7-17(22-3)6-5-14(21-2)12-15(17)20/h8,11,14-15H,4-7,9-10,12-13H2,1-3H3/t14-,15+,17-/m1/s1. The predicted octanol–water partition coefficient (Wildman–Crippen LogP) is 2.45. The Hall–Kier alpha value is -0.910. The zero-order valence-corrected chi connectivity index (χ0v) is 14.1. The van der Waals surface area contributed by atoms with Crippen molar-refractivity contribution in [3.8, 4) is 0 Å². The summed E-state index contributed by atoms with van der Waals surface area (Å²) in [6.45, 7) is 5.26. The summed E-state index contributed by atoms with van der Waals surface area (Å²) >= 11 is 0. The van der Waals surface area contributed by atoms with Crippen LogP contribution in [-0.4, -0.2) is 53.0 Å². The number of nitrogens with zero attached hydrogens (tertiary/aromatic N) is 3. The smallest absolute Gasteiger partial charge is 0.122 e. The number of imidazole rings is 1. The van der Waals surface area contributed by atoms with E-state index in [4.69, 9.17) is 9.47 Å². The molecule has 22 heavy (non-hydrogen) atoms. The largest absolute Gasteiger partial charge is 0.381 e. The second-order valence-corrected chi connectivity index (χ2v) is 6.67. The Balaban J connectivity index is 1.75. The summed E-state index contributed by atoms with van der Waals surface area (Å²) < 4.78 is 13.9. The number of aryl methyl sites for hydroxylation is 1. The highest BCUT2D eigenvalue weighted by Crippen LogP contribution is 2.43. The molecule has 0 unspecified atom stereocenters. The van der Waals surface area contributed by atoms with E-state index >= 15 is 0 Å². The van der Waals surface area contributed by atoms with E-state index in [9.17, 15) is 0 Å². The Morgan fingerprint density at radius 3 is 2.95 bits per heavy atom. The lowest BCUT2D eigenvalue weighted by atomic mass is 9.79. The van der Waals surface area contributed by atoms with Crippen molar-refractivity contribution >= 4 is 0 Å². The number of hydrogen-bond donors (Lipinski definition) is 0. The predicted molar refractivity (Wildman–Crippen MR) is 85.7 cm³/mol. The highest BCUT2D eigenvalue weighted by molar-refractivity contribution is 5.07. The first-order valence-corrected chi connectivity index (χ1v) is 8.54. The summed E-state index contributed by atoms with van der Waals surface area (Å²) in [5, 5.41) is 0. The van der Waals surface area contributed by atoms with Crippen LogP contribution < -0.4 is 0 Å². The number of aromatic nitrogens is 2. The first-order chi connectivity index (χ1) is 10.7. The van der Waals surface area contributed by atoms with Crippen LogP contribution in [0.25, 0.3) is 0 Å². The molecule has 0 spiro atoms. The van der Waals surface area contributed by atoms with Crippen LogP contribution in [-0.2, 0) is 22.6 Å². The number of likely N-dealkylation sites (tertiary alicyclic amines) is 1. The molecule has 1 aromatic heterocycles. The van der Waals surface area contributed by atoms with Crippen molar-refractivity contribution in [2.24, 2.45) is 0 Å². The van der Waals surface area contributed by atoms with Gasteiger partial charge in [-0.2, -0.15) is 0 Å². The van der Waals surface area contributed by atoms with Gasteiger partial charge in [0.25, 0.3) is 0 Å². The Morgan fingerprint density at radius 1 is 1.36 bits per heavy atom. The van der Waals surface area contributed by atoms with E-state index in [0.717, 1.165) is 51.7 Å². The van der Waals surface area contributed by atoms with E-state index in [1.54, 1.807) is 0 Å². The summed E-state index contributed by atoms with van der Waals surface area (Å²) in [7, 11) is 3.71. The van der Waals surface area contributed by atoms with Gasteiger partial charge in [0, 0.05) is 45.7 Å². The Morgan fingerprint density at radius 2 is 2.23 bits per heavy atom. The van der Waals surface area contributed by atoms with E-state index in [-0.39, 0.29) is 5.60 Å². The third kappa shape index (κ3) is 2.82. The van der Waals surface area contributed by atoms with Crippen LogP contribution in [0.3, 0.4) is 0 Å². The Bertz CT molecular complexity index is 490. The van der Waals surface area contributed by atoms with Crippen LogP contribution in [0.15, 0.2) is 12.4 Å². The fraction of sp³-hybridized carbons (Fsp3) is 0.824. The number of rotatable bonds is 6. The van der Waals surface area contributed by atoms with Crippen LogP contribution in [0.4, 0.5) is 0 Å². The average Bonchev–Trinajstić information content (AvgIpc) is 3.13. The van der Waals surface area contributed by atoms with Gasteiger partial charge in [-0.1, -0.05) is 6.92 Å². The summed E-state index contributed by atoms with van der Waals surface area (Å²) in [4.78, 5) is 7.13. The molecule has 2 aliphatic rings. The zero-order chi connectivity index (χ0) is 15.6. The monoisotopic (exact) mass is 307 g/mol. The second kappa shape index (κ2) is 6.69. The fourth-order valence-corrected chi connectivity index (χ4v) is 4.28. The van der Waals surface area contributed by atoms with E-state index < -0.39 is 0 Å². The molecule has 0 aromatic carbocycles. The maximum atomic E-state index is 6.00. The first-order valence-electron chi connectivity index (χ1n) is 8.54. The fourth-order valence-electron chi connectivity index (χ4n) is 4.28. The van der Waals surface area contributed by atoms with E-state index in [0.29, 0.717) is 12.1 Å². The van der Waals surface area contributed by atoms with Gasteiger partial charge in [-0.25, -0.2) is 4.98 Å². The molecule has 2 heterocycles. The van der Waals surface area contributed by atoms with E-state index in [2.05, 4.69) is 27.6 Å². The van der Waals surface area contributed by atoms with Crippen LogP contribution in [0.5, 0.6) is 0 Å². The van der Waals surface area contributed by atoms with Gasteiger partial charge in [0.1, 0.15) is 5.82 Å². The van der Waals surface area contributed by atoms with E-state index in [1.165, 1.54) is 5.82 Å². The third-order valence-electron chi connectivity index (χ3n) is 5.60. The molecule has 1 saturated carbocycles. The minimum absolute atomic E-state index is 0.0250. The number of methoxy groups -OCH3 is 2. The summed E-state index contributed by atoms with van der Waals surface area (Å²) in [5.74, 6) is 1.17. The van der Waals surface area contributed by atoms with Crippen LogP contribution in [0.2, 0.25) is 0 Å². The van der Waals surface area contributed by atoms with Crippen molar-refractivity contribution in [3.05, 3.63) is 18.2 Å². The SMILES string of the molecule is CCCn1ccnc1CN1CC[C@]2(OC)CC[C@@H](OC)C[C@H]12. The van der Waals surface area contributed by atoms with Crippen LogP contribution >= 0.6 is 0 Å². The molecule has 3 atom stereocenters.